The van der Waals surface area contributed by atoms with Crippen LogP contribution in [0.15, 0.2) is 54.9 Å². The Hall–Kier alpha value is -2.72. The predicted octanol–water partition coefficient (Wildman–Crippen LogP) is 3.99. The Labute approximate surface area is 137 Å². The van der Waals surface area contributed by atoms with Gasteiger partial charge in [-0.05, 0) is 48.4 Å². The van der Waals surface area contributed by atoms with Crippen LogP contribution in [-0.4, -0.2) is 14.4 Å². The Balaban J connectivity index is 2.02. The fraction of sp³-hybridized carbons (Fsp3) is 0.0556. The molecule has 0 aliphatic rings. The van der Waals surface area contributed by atoms with Crippen molar-refractivity contribution in [3.05, 3.63) is 70.9 Å². The summed E-state index contributed by atoms with van der Waals surface area (Å²) in [6, 6.07) is 13.5. The zero-order valence-corrected chi connectivity index (χ0v) is 13.2. The summed E-state index contributed by atoms with van der Waals surface area (Å²) in [5.41, 5.74) is 4.67. The number of nitrogens with zero attached hydrogens (tertiary/aromatic N) is 3. The van der Waals surface area contributed by atoms with Crippen molar-refractivity contribution in [2.24, 2.45) is 0 Å². The van der Waals surface area contributed by atoms with Crippen LogP contribution in [0.1, 0.15) is 5.56 Å². The number of hydrogen-bond donors (Lipinski definition) is 1. The number of aryl methyl sites for hydroxylation is 1. The van der Waals surface area contributed by atoms with Crippen molar-refractivity contribution in [2.75, 3.05) is 0 Å². The minimum absolute atomic E-state index is 0.376. The molecule has 0 saturated carbocycles. The maximum absolute atomic E-state index is 8.46. The number of halogens is 1. The van der Waals surface area contributed by atoms with Crippen LogP contribution in [0.4, 0.5) is 0 Å². The third-order valence-electron chi connectivity index (χ3n) is 3.83. The second-order valence-corrected chi connectivity index (χ2v) is 5.93. The molecule has 4 aromatic rings. The van der Waals surface area contributed by atoms with Crippen LogP contribution in [0, 0.1) is 12.3 Å². The number of rotatable bonds is 1. The van der Waals surface area contributed by atoms with Gasteiger partial charge in [-0.25, -0.2) is 9.97 Å². The van der Waals surface area contributed by atoms with Gasteiger partial charge in [0.25, 0.3) is 0 Å². The van der Waals surface area contributed by atoms with Crippen LogP contribution >= 0.6 is 11.6 Å². The number of benzene rings is 1. The molecule has 4 nitrogen and oxygen atoms in total. The van der Waals surface area contributed by atoms with E-state index in [0.29, 0.717) is 21.5 Å². The second kappa shape index (κ2) is 5.18. The monoisotopic (exact) mass is 320 g/mol. The number of pyridine rings is 2. The summed E-state index contributed by atoms with van der Waals surface area (Å²) >= 11 is 6.06. The van der Waals surface area contributed by atoms with E-state index >= 15 is 0 Å². The molecule has 0 fully saturated rings. The average molecular weight is 321 g/mol. The SMILES string of the molecule is Cc1ccn2c(=N)c3cc(-c4cccc(Cl)c4)cnc3nc2c1. The summed E-state index contributed by atoms with van der Waals surface area (Å²) in [4.78, 5) is 9.00. The highest BCUT2D eigenvalue weighted by atomic mass is 35.5. The zero-order valence-electron chi connectivity index (χ0n) is 12.4. The highest BCUT2D eigenvalue weighted by Gasteiger charge is 2.07. The molecule has 0 spiro atoms. The van der Waals surface area contributed by atoms with E-state index in [1.54, 1.807) is 10.6 Å². The summed E-state index contributed by atoms with van der Waals surface area (Å²) in [6.07, 6.45) is 3.64. The van der Waals surface area contributed by atoms with Gasteiger partial charge in [0.1, 0.15) is 11.1 Å². The molecule has 0 atom stereocenters. The highest BCUT2D eigenvalue weighted by molar-refractivity contribution is 6.30. The maximum Gasteiger partial charge on any atom is 0.165 e. The lowest BCUT2D eigenvalue weighted by molar-refractivity contribution is 0.992. The average Bonchev–Trinajstić information content (AvgIpc) is 2.54. The smallest absolute Gasteiger partial charge is 0.165 e. The van der Waals surface area contributed by atoms with E-state index in [1.807, 2.05) is 55.6 Å². The molecule has 0 radical (unpaired) electrons. The van der Waals surface area contributed by atoms with Crippen LogP contribution in [0.2, 0.25) is 5.02 Å². The molecule has 0 saturated heterocycles. The molecular formula is C18H13ClN4. The Kier molecular flexibility index (Phi) is 3.13. The molecule has 0 bridgehead atoms. The summed E-state index contributed by atoms with van der Waals surface area (Å²) < 4.78 is 1.76. The van der Waals surface area contributed by atoms with Crippen LogP contribution in [-0.2, 0) is 0 Å². The van der Waals surface area contributed by atoms with Crippen molar-refractivity contribution in [2.45, 2.75) is 6.92 Å². The Morgan fingerprint density at radius 3 is 2.78 bits per heavy atom. The Bertz CT molecular complexity index is 1110. The number of aromatic nitrogens is 3. The van der Waals surface area contributed by atoms with Gasteiger partial charge < -0.3 is 0 Å². The van der Waals surface area contributed by atoms with Gasteiger partial charge >= 0.3 is 0 Å². The third kappa shape index (κ3) is 2.37. The minimum atomic E-state index is 0.376. The van der Waals surface area contributed by atoms with Gasteiger partial charge in [0.05, 0.1) is 5.39 Å². The van der Waals surface area contributed by atoms with Gasteiger partial charge in [-0.1, -0.05) is 23.7 Å². The lowest BCUT2D eigenvalue weighted by Gasteiger charge is -2.07. The standard InChI is InChI=1S/C18H13ClN4/c1-11-5-6-23-16(7-11)22-18-15(17(23)20)9-13(10-21-18)12-3-2-4-14(19)8-12/h2-10,20H,1H3. The van der Waals surface area contributed by atoms with E-state index in [2.05, 4.69) is 9.97 Å². The van der Waals surface area contributed by atoms with E-state index < -0.39 is 0 Å². The molecule has 0 aliphatic heterocycles. The van der Waals surface area contributed by atoms with E-state index in [9.17, 15) is 0 Å². The number of fused-ring (bicyclic) bond motifs is 2. The van der Waals surface area contributed by atoms with Gasteiger partial charge in [-0.15, -0.1) is 0 Å². The van der Waals surface area contributed by atoms with Crippen molar-refractivity contribution >= 4 is 28.3 Å². The lowest BCUT2D eigenvalue weighted by atomic mass is 10.1. The number of hydrogen-bond acceptors (Lipinski definition) is 3. The fourth-order valence-electron chi connectivity index (χ4n) is 2.65. The summed E-state index contributed by atoms with van der Waals surface area (Å²) in [7, 11) is 0. The van der Waals surface area contributed by atoms with Gasteiger partial charge in [0.15, 0.2) is 5.65 Å². The summed E-state index contributed by atoms with van der Waals surface area (Å²) in [5.74, 6) is 0. The van der Waals surface area contributed by atoms with Crippen molar-refractivity contribution in [1.29, 1.82) is 5.41 Å². The fourth-order valence-corrected chi connectivity index (χ4v) is 2.84. The molecule has 1 aromatic carbocycles. The molecule has 1 N–H and O–H groups in total. The van der Waals surface area contributed by atoms with Gasteiger partial charge in [-0.2, -0.15) is 0 Å². The Morgan fingerprint density at radius 2 is 1.96 bits per heavy atom. The molecule has 0 unspecified atom stereocenters. The van der Waals surface area contributed by atoms with E-state index in [0.717, 1.165) is 22.3 Å². The first-order valence-electron chi connectivity index (χ1n) is 7.21. The van der Waals surface area contributed by atoms with Crippen LogP contribution in [0.3, 0.4) is 0 Å². The van der Waals surface area contributed by atoms with Gasteiger partial charge in [0, 0.05) is 23.0 Å². The van der Waals surface area contributed by atoms with E-state index in [1.165, 1.54) is 0 Å². The molecule has 3 aromatic heterocycles. The molecule has 5 heteroatoms. The summed E-state index contributed by atoms with van der Waals surface area (Å²) in [5, 5.41) is 9.85. The summed E-state index contributed by atoms with van der Waals surface area (Å²) in [6.45, 7) is 2.01. The second-order valence-electron chi connectivity index (χ2n) is 5.50. The predicted molar refractivity (Wildman–Crippen MR) is 91.5 cm³/mol. The van der Waals surface area contributed by atoms with Crippen molar-refractivity contribution < 1.29 is 0 Å². The normalized spacial score (nSPS) is 11.2. The first-order valence-corrected chi connectivity index (χ1v) is 7.59. The molecule has 4 rings (SSSR count). The van der Waals surface area contributed by atoms with Crippen molar-refractivity contribution in [3.8, 4) is 11.1 Å². The lowest BCUT2D eigenvalue weighted by Crippen LogP contribution is -2.16. The molecule has 0 aliphatic carbocycles. The van der Waals surface area contributed by atoms with E-state index in [4.69, 9.17) is 17.0 Å². The minimum Gasteiger partial charge on any atom is -0.286 e. The van der Waals surface area contributed by atoms with Gasteiger partial charge in [-0.3, -0.25) is 9.81 Å². The maximum atomic E-state index is 8.46. The third-order valence-corrected chi connectivity index (χ3v) is 4.07. The molecule has 0 amide bonds. The van der Waals surface area contributed by atoms with Crippen LogP contribution in [0.25, 0.3) is 27.8 Å². The molecule has 112 valence electrons. The first-order chi connectivity index (χ1) is 11.1. The first kappa shape index (κ1) is 13.9. The van der Waals surface area contributed by atoms with Crippen LogP contribution in [0.5, 0.6) is 0 Å². The highest BCUT2D eigenvalue weighted by Crippen LogP contribution is 2.23. The van der Waals surface area contributed by atoms with Crippen molar-refractivity contribution in [3.63, 3.8) is 0 Å². The molecule has 3 heterocycles. The van der Waals surface area contributed by atoms with E-state index in [-0.39, 0.29) is 0 Å². The van der Waals surface area contributed by atoms with Crippen molar-refractivity contribution in [1.82, 2.24) is 14.4 Å². The largest absolute Gasteiger partial charge is 0.286 e. The quantitative estimate of drug-likeness (QED) is 0.539. The molecule has 23 heavy (non-hydrogen) atoms. The number of nitrogens with one attached hydrogen (secondary N) is 1. The Morgan fingerprint density at radius 1 is 1.09 bits per heavy atom. The molecular weight excluding hydrogens is 308 g/mol. The topological polar surface area (TPSA) is 54.0 Å². The van der Waals surface area contributed by atoms with Gasteiger partial charge in [0.2, 0.25) is 0 Å². The van der Waals surface area contributed by atoms with Crippen LogP contribution < -0.4 is 5.49 Å². The zero-order chi connectivity index (χ0) is 16.0.